The number of hydrogen-bond donors (Lipinski definition) is 2. The molecule has 104 valence electrons. The molecule has 20 heavy (non-hydrogen) atoms. The normalized spacial score (nSPS) is 17.5. The summed E-state index contributed by atoms with van der Waals surface area (Å²) in [6.45, 7) is 0.376. The number of nitrogens with one attached hydrogen (secondary N) is 1. The molecule has 1 amide bonds. The average Bonchev–Trinajstić information content (AvgIpc) is 2.94. The van der Waals surface area contributed by atoms with Crippen molar-refractivity contribution in [2.45, 2.75) is 31.7 Å². The minimum Gasteiger partial charge on any atom is -0.508 e. The molecule has 0 bridgehead atoms. The second kappa shape index (κ2) is 5.67. The number of aromatic hydroxyl groups is 1. The highest BCUT2D eigenvalue weighted by molar-refractivity contribution is 7.10. The van der Waals surface area contributed by atoms with Crippen LogP contribution in [0.5, 0.6) is 5.75 Å². The van der Waals surface area contributed by atoms with Gasteiger partial charge < -0.3 is 10.4 Å². The molecular weight excluding hydrogens is 270 g/mol. The van der Waals surface area contributed by atoms with Crippen molar-refractivity contribution in [3.63, 3.8) is 0 Å². The maximum absolute atomic E-state index is 12.4. The van der Waals surface area contributed by atoms with Crippen molar-refractivity contribution < 1.29 is 9.90 Å². The van der Waals surface area contributed by atoms with Crippen LogP contribution in [0.3, 0.4) is 0 Å². The van der Waals surface area contributed by atoms with Crippen LogP contribution in [0.4, 0.5) is 0 Å². The predicted octanol–water partition coefficient (Wildman–Crippen LogP) is 3.19. The lowest BCUT2D eigenvalue weighted by molar-refractivity contribution is -0.123. The zero-order chi connectivity index (χ0) is 13.9. The van der Waals surface area contributed by atoms with Crippen molar-refractivity contribution in [2.24, 2.45) is 0 Å². The smallest absolute Gasteiger partial charge is 0.227 e. The van der Waals surface area contributed by atoms with Crippen LogP contribution < -0.4 is 5.32 Å². The van der Waals surface area contributed by atoms with Gasteiger partial charge in [-0.3, -0.25) is 4.79 Å². The molecule has 0 spiro atoms. The number of hydrogen-bond acceptors (Lipinski definition) is 3. The van der Waals surface area contributed by atoms with Crippen LogP contribution in [0, 0.1) is 0 Å². The average molecular weight is 287 g/mol. The summed E-state index contributed by atoms with van der Waals surface area (Å²) in [5.74, 6) is 0.260. The van der Waals surface area contributed by atoms with Gasteiger partial charge in [-0.2, -0.15) is 0 Å². The number of carbonyl (C=O) groups excluding carboxylic acids is 1. The van der Waals surface area contributed by atoms with Crippen molar-refractivity contribution in [3.05, 3.63) is 51.7 Å². The molecule has 0 radical (unpaired) electrons. The molecule has 1 atom stereocenters. The molecule has 3 rings (SSSR count). The van der Waals surface area contributed by atoms with Crippen LogP contribution in [0.2, 0.25) is 0 Å². The Kier molecular flexibility index (Phi) is 3.74. The summed E-state index contributed by atoms with van der Waals surface area (Å²) in [6, 6.07) is 9.17. The Morgan fingerprint density at radius 3 is 3.05 bits per heavy atom. The van der Waals surface area contributed by atoms with Gasteiger partial charge in [0.15, 0.2) is 0 Å². The van der Waals surface area contributed by atoms with E-state index in [1.165, 1.54) is 10.4 Å². The molecule has 4 heteroatoms. The maximum atomic E-state index is 12.4. The first-order valence-corrected chi connectivity index (χ1v) is 7.74. The zero-order valence-corrected chi connectivity index (χ0v) is 12.0. The quantitative estimate of drug-likeness (QED) is 0.911. The Hall–Kier alpha value is -1.81. The number of phenolic OH excluding ortho intramolecular Hbond substituents is 1. The van der Waals surface area contributed by atoms with E-state index in [4.69, 9.17) is 0 Å². The summed E-state index contributed by atoms with van der Waals surface area (Å²) in [6.07, 6.45) is 3.08. The van der Waals surface area contributed by atoms with Gasteiger partial charge in [0, 0.05) is 17.0 Å². The molecule has 0 fully saturated rings. The number of aryl methyl sites for hydroxylation is 1. The number of fused-ring (bicyclic) bond motifs is 1. The van der Waals surface area contributed by atoms with Gasteiger partial charge in [-0.15, -0.1) is 11.3 Å². The highest BCUT2D eigenvalue weighted by Gasteiger charge is 2.27. The maximum Gasteiger partial charge on any atom is 0.227 e. The fourth-order valence-corrected chi connectivity index (χ4v) is 3.71. The van der Waals surface area contributed by atoms with E-state index in [0.29, 0.717) is 6.54 Å². The van der Waals surface area contributed by atoms with Crippen LogP contribution in [0.25, 0.3) is 0 Å². The molecule has 1 aromatic carbocycles. The fourth-order valence-electron chi connectivity index (χ4n) is 2.72. The van der Waals surface area contributed by atoms with Gasteiger partial charge in [-0.05, 0) is 42.3 Å². The Balaban J connectivity index is 1.68. The van der Waals surface area contributed by atoms with E-state index < -0.39 is 0 Å². The van der Waals surface area contributed by atoms with Gasteiger partial charge in [0.25, 0.3) is 0 Å². The minimum absolute atomic E-state index is 0.0316. The Morgan fingerprint density at radius 2 is 2.20 bits per heavy atom. The first-order chi connectivity index (χ1) is 9.75. The molecule has 1 aliphatic rings. The van der Waals surface area contributed by atoms with Crippen LogP contribution in [0.1, 0.15) is 34.8 Å². The van der Waals surface area contributed by atoms with E-state index in [9.17, 15) is 9.90 Å². The molecule has 1 heterocycles. The van der Waals surface area contributed by atoms with Crippen LogP contribution in [-0.2, 0) is 17.8 Å². The summed E-state index contributed by atoms with van der Waals surface area (Å²) in [5.41, 5.74) is 1.94. The zero-order valence-electron chi connectivity index (χ0n) is 11.1. The molecule has 1 unspecified atom stereocenters. The molecule has 3 nitrogen and oxygen atoms in total. The first-order valence-electron chi connectivity index (χ1n) is 6.86. The van der Waals surface area contributed by atoms with Crippen LogP contribution in [0.15, 0.2) is 35.7 Å². The summed E-state index contributed by atoms with van der Waals surface area (Å²) in [5, 5.41) is 14.7. The molecule has 2 N–H and O–H groups in total. The van der Waals surface area contributed by atoms with Gasteiger partial charge in [-0.25, -0.2) is 0 Å². The summed E-state index contributed by atoms with van der Waals surface area (Å²) < 4.78 is 0. The number of thiophene rings is 1. The molecule has 0 saturated carbocycles. The number of rotatable bonds is 3. The molecule has 1 aliphatic carbocycles. The molecule has 0 aliphatic heterocycles. The number of phenols is 1. The lowest BCUT2D eigenvalue weighted by atomic mass is 9.87. The van der Waals surface area contributed by atoms with E-state index in [-0.39, 0.29) is 17.6 Å². The first kappa shape index (κ1) is 13.2. The van der Waals surface area contributed by atoms with Crippen molar-refractivity contribution >= 4 is 17.2 Å². The summed E-state index contributed by atoms with van der Waals surface area (Å²) in [4.78, 5) is 13.7. The lowest BCUT2D eigenvalue weighted by Gasteiger charge is -2.22. The second-order valence-corrected chi connectivity index (χ2v) is 6.09. The minimum atomic E-state index is -0.0316. The highest BCUT2D eigenvalue weighted by Crippen LogP contribution is 2.35. The second-order valence-electron chi connectivity index (χ2n) is 5.09. The lowest BCUT2D eigenvalue weighted by Crippen LogP contribution is -2.30. The van der Waals surface area contributed by atoms with Crippen molar-refractivity contribution in [2.75, 3.05) is 0 Å². The standard InChI is InChI=1S/C16H17NO2S/c18-14-6-2-1-4-11(14)10-17-16(19)13-5-3-7-15-12(13)8-9-20-15/h1-2,4,6,8-9,13,18H,3,5,7,10H2,(H,17,19). The Labute approximate surface area is 122 Å². The van der Waals surface area contributed by atoms with Gasteiger partial charge in [0.2, 0.25) is 5.91 Å². The molecule has 0 saturated heterocycles. The van der Waals surface area contributed by atoms with Gasteiger partial charge in [0.05, 0.1) is 5.92 Å². The van der Waals surface area contributed by atoms with Gasteiger partial charge >= 0.3 is 0 Å². The van der Waals surface area contributed by atoms with Crippen molar-refractivity contribution in [3.8, 4) is 5.75 Å². The third-order valence-electron chi connectivity index (χ3n) is 3.81. The number of amides is 1. The third-order valence-corrected chi connectivity index (χ3v) is 4.81. The fraction of sp³-hybridized carbons (Fsp3) is 0.312. The van der Waals surface area contributed by atoms with Gasteiger partial charge in [0.1, 0.15) is 5.75 Å². The van der Waals surface area contributed by atoms with E-state index in [2.05, 4.69) is 16.8 Å². The SMILES string of the molecule is O=C(NCc1ccccc1O)C1CCCc2sccc21. The Morgan fingerprint density at radius 1 is 1.35 bits per heavy atom. The van der Waals surface area contributed by atoms with E-state index in [1.807, 2.05) is 12.1 Å². The van der Waals surface area contributed by atoms with Crippen LogP contribution >= 0.6 is 11.3 Å². The molecular formula is C16H17NO2S. The number of carbonyl (C=O) groups is 1. The number of para-hydroxylation sites is 1. The van der Waals surface area contributed by atoms with E-state index in [0.717, 1.165) is 24.8 Å². The predicted molar refractivity (Wildman–Crippen MR) is 80.0 cm³/mol. The van der Waals surface area contributed by atoms with E-state index >= 15 is 0 Å². The summed E-state index contributed by atoms with van der Waals surface area (Å²) >= 11 is 1.74. The van der Waals surface area contributed by atoms with Crippen molar-refractivity contribution in [1.82, 2.24) is 5.32 Å². The monoisotopic (exact) mass is 287 g/mol. The third kappa shape index (κ3) is 2.56. The Bertz CT molecular complexity index is 620. The van der Waals surface area contributed by atoms with Gasteiger partial charge in [-0.1, -0.05) is 18.2 Å². The highest BCUT2D eigenvalue weighted by atomic mass is 32.1. The largest absolute Gasteiger partial charge is 0.508 e. The van der Waals surface area contributed by atoms with E-state index in [1.54, 1.807) is 23.5 Å². The summed E-state index contributed by atoms with van der Waals surface area (Å²) in [7, 11) is 0. The van der Waals surface area contributed by atoms with Crippen LogP contribution in [-0.4, -0.2) is 11.0 Å². The number of benzene rings is 1. The topological polar surface area (TPSA) is 49.3 Å². The van der Waals surface area contributed by atoms with Crippen molar-refractivity contribution in [1.29, 1.82) is 0 Å². The molecule has 2 aromatic rings. The molecule has 1 aromatic heterocycles.